The van der Waals surface area contributed by atoms with Gasteiger partial charge < -0.3 is 37.2 Å². The summed E-state index contributed by atoms with van der Waals surface area (Å²) in [4.78, 5) is 13.3. The third-order valence-corrected chi connectivity index (χ3v) is 7.50. The molecule has 2 unspecified atom stereocenters. The van der Waals surface area contributed by atoms with E-state index in [4.69, 9.17) is 11.5 Å². The van der Waals surface area contributed by atoms with E-state index in [0.717, 1.165) is 86.9 Å². The van der Waals surface area contributed by atoms with Gasteiger partial charge in [0.25, 0.3) is 0 Å². The molecule has 0 bridgehead atoms. The molecule has 3 rings (SSSR count). The summed E-state index contributed by atoms with van der Waals surface area (Å²) in [5.41, 5.74) is 16.9. The van der Waals surface area contributed by atoms with Crippen molar-refractivity contribution in [3.05, 3.63) is 103 Å². The van der Waals surface area contributed by atoms with Crippen LogP contribution in [-0.4, -0.2) is 72.8 Å². The Morgan fingerprint density at radius 1 is 0.976 bits per heavy atom. The van der Waals surface area contributed by atoms with Crippen molar-refractivity contribution in [3.63, 3.8) is 0 Å². The van der Waals surface area contributed by atoms with Crippen molar-refractivity contribution in [2.24, 2.45) is 11.5 Å². The van der Waals surface area contributed by atoms with E-state index in [9.17, 15) is 0 Å². The molecule has 0 radical (unpaired) electrons. The summed E-state index contributed by atoms with van der Waals surface area (Å²) in [6.45, 7) is 20.4. The van der Waals surface area contributed by atoms with E-state index in [2.05, 4.69) is 92.7 Å². The van der Waals surface area contributed by atoms with E-state index >= 15 is 0 Å². The highest BCUT2D eigenvalue weighted by Crippen LogP contribution is 2.19. The van der Waals surface area contributed by atoms with Crippen molar-refractivity contribution in [1.82, 2.24) is 30.8 Å². The fourth-order valence-corrected chi connectivity index (χ4v) is 5.17. The second-order valence-corrected chi connectivity index (χ2v) is 10.7. The van der Waals surface area contributed by atoms with Gasteiger partial charge in [0.1, 0.15) is 5.82 Å². The molecule has 1 aliphatic heterocycles. The van der Waals surface area contributed by atoms with Gasteiger partial charge in [0.2, 0.25) is 0 Å². The average molecular weight is 574 g/mol. The predicted octanol–water partition coefficient (Wildman–Crippen LogP) is 3.27. The van der Waals surface area contributed by atoms with Crippen molar-refractivity contribution < 1.29 is 0 Å². The number of benzene rings is 1. The minimum atomic E-state index is 0.0251. The fraction of sp³-hybridized carbons (Fsp3) is 0.455. The molecule has 9 nitrogen and oxygen atoms in total. The topological polar surface area (TPSA) is 120 Å². The molecule has 1 saturated heterocycles. The van der Waals surface area contributed by atoms with Crippen LogP contribution in [-0.2, 0) is 6.42 Å². The highest BCUT2D eigenvalue weighted by molar-refractivity contribution is 5.36. The van der Waals surface area contributed by atoms with Crippen LogP contribution in [0.2, 0.25) is 0 Å². The van der Waals surface area contributed by atoms with Crippen LogP contribution in [0.1, 0.15) is 38.2 Å². The number of nitrogens with two attached hydrogens (primary N) is 2. The van der Waals surface area contributed by atoms with Gasteiger partial charge in [0.15, 0.2) is 0 Å². The Bertz CT molecular complexity index is 1120. The van der Waals surface area contributed by atoms with Gasteiger partial charge in [-0.25, -0.2) is 4.98 Å². The number of aromatic nitrogens is 2. The molecule has 228 valence electrons. The Hall–Kier alpha value is -3.82. The first-order chi connectivity index (χ1) is 20.4. The minimum Gasteiger partial charge on any atom is -0.381 e. The van der Waals surface area contributed by atoms with Crippen molar-refractivity contribution >= 4 is 5.82 Å². The third kappa shape index (κ3) is 10.5. The molecule has 1 aromatic carbocycles. The van der Waals surface area contributed by atoms with Crippen LogP contribution < -0.4 is 32.3 Å². The molecular formula is C33H51N9. The summed E-state index contributed by atoms with van der Waals surface area (Å²) in [7, 11) is 0. The van der Waals surface area contributed by atoms with E-state index < -0.39 is 0 Å². The first-order valence-electron chi connectivity index (χ1n) is 15.2. The number of nitrogens with zero attached hydrogens (tertiary/aromatic N) is 4. The molecule has 2 heterocycles. The van der Waals surface area contributed by atoms with E-state index in [0.29, 0.717) is 19.6 Å². The SMILES string of the molecule is C=C(CNC(=CCC)C(Cc1ccccc1)NC(=C)CN)NC(CCCCN)C(=C)N1CCN(c2cnccn2)CC1. The molecule has 2 atom stereocenters. The zero-order valence-corrected chi connectivity index (χ0v) is 25.4. The molecule has 0 amide bonds. The number of allylic oxidation sites excluding steroid dienone is 1. The van der Waals surface area contributed by atoms with Gasteiger partial charge in [0.05, 0.1) is 24.8 Å². The number of anilines is 1. The summed E-state index contributed by atoms with van der Waals surface area (Å²) < 4.78 is 0. The molecule has 1 aliphatic rings. The van der Waals surface area contributed by atoms with Gasteiger partial charge in [-0.05, 0) is 44.2 Å². The summed E-state index contributed by atoms with van der Waals surface area (Å²) in [5.74, 6) is 0.922. The molecule has 0 spiro atoms. The number of nitrogens with one attached hydrogen (secondary N) is 3. The highest BCUT2D eigenvalue weighted by Gasteiger charge is 2.24. The van der Waals surface area contributed by atoms with Gasteiger partial charge in [-0.15, -0.1) is 0 Å². The first kappa shape index (κ1) is 32.7. The van der Waals surface area contributed by atoms with Crippen LogP contribution in [0.4, 0.5) is 5.82 Å². The molecule has 9 heteroatoms. The van der Waals surface area contributed by atoms with E-state index in [1.165, 1.54) is 5.56 Å². The normalized spacial score (nSPS) is 15.1. The summed E-state index contributed by atoms with van der Waals surface area (Å²) in [6, 6.07) is 10.6. The van der Waals surface area contributed by atoms with E-state index in [1.54, 1.807) is 12.4 Å². The molecule has 1 aromatic heterocycles. The second-order valence-electron chi connectivity index (χ2n) is 10.7. The van der Waals surface area contributed by atoms with Gasteiger partial charge in [0, 0.05) is 67.9 Å². The molecule has 7 N–H and O–H groups in total. The Balaban J connectivity index is 1.62. The Morgan fingerprint density at radius 2 is 1.71 bits per heavy atom. The summed E-state index contributed by atoms with van der Waals surface area (Å²) in [5, 5.41) is 10.9. The number of unbranched alkanes of at least 4 members (excludes halogenated alkanes) is 1. The maximum Gasteiger partial charge on any atom is 0.147 e. The average Bonchev–Trinajstić information content (AvgIpc) is 3.03. The number of hydrogen-bond donors (Lipinski definition) is 5. The Labute approximate surface area is 252 Å². The lowest BCUT2D eigenvalue weighted by Gasteiger charge is -2.40. The molecule has 42 heavy (non-hydrogen) atoms. The second kappa shape index (κ2) is 17.9. The van der Waals surface area contributed by atoms with Crippen LogP contribution in [0.5, 0.6) is 0 Å². The monoisotopic (exact) mass is 573 g/mol. The van der Waals surface area contributed by atoms with Crippen LogP contribution in [0.25, 0.3) is 0 Å². The third-order valence-electron chi connectivity index (χ3n) is 7.50. The fourth-order valence-electron chi connectivity index (χ4n) is 5.17. The lowest BCUT2D eigenvalue weighted by molar-refractivity contribution is 0.289. The maximum absolute atomic E-state index is 5.89. The van der Waals surface area contributed by atoms with Crippen molar-refractivity contribution in [3.8, 4) is 0 Å². The molecule has 2 aromatic rings. The molecule has 1 fully saturated rings. The summed E-state index contributed by atoms with van der Waals surface area (Å²) in [6.07, 6.45) is 12.2. The zero-order valence-electron chi connectivity index (χ0n) is 25.4. The Kier molecular flexibility index (Phi) is 13.9. The van der Waals surface area contributed by atoms with Gasteiger partial charge in [-0.2, -0.15) is 0 Å². The van der Waals surface area contributed by atoms with Crippen LogP contribution in [0.15, 0.2) is 97.5 Å². The summed E-state index contributed by atoms with van der Waals surface area (Å²) >= 11 is 0. The lowest BCUT2D eigenvalue weighted by Crippen LogP contribution is -2.49. The predicted molar refractivity (Wildman–Crippen MR) is 176 cm³/mol. The van der Waals surface area contributed by atoms with Crippen LogP contribution >= 0.6 is 0 Å². The number of hydrogen-bond acceptors (Lipinski definition) is 9. The Morgan fingerprint density at radius 3 is 2.36 bits per heavy atom. The van der Waals surface area contributed by atoms with Crippen LogP contribution in [0.3, 0.4) is 0 Å². The largest absolute Gasteiger partial charge is 0.381 e. The van der Waals surface area contributed by atoms with E-state index in [1.807, 2.05) is 12.3 Å². The van der Waals surface area contributed by atoms with Crippen molar-refractivity contribution in [2.75, 3.05) is 50.7 Å². The number of rotatable bonds is 19. The zero-order chi connectivity index (χ0) is 30.2. The lowest BCUT2D eigenvalue weighted by atomic mass is 10.0. The van der Waals surface area contributed by atoms with Crippen molar-refractivity contribution in [1.29, 1.82) is 0 Å². The molecule has 0 aliphatic carbocycles. The highest BCUT2D eigenvalue weighted by atomic mass is 15.3. The standard InChI is InChI=1S/C33H51N9/c1-5-11-31(32(39-26(2)23-35)22-29-12-7-6-8-13-29)38-24-27(3)40-30(14-9-10-15-34)28(4)41-18-20-42(21-19-41)33-25-36-16-17-37-33/h6-8,11-13,16-17,25,30,32,38-40H,2-5,9-10,14-15,18-24,34-35H2,1H3. The minimum absolute atomic E-state index is 0.0251. The maximum atomic E-state index is 5.89. The number of piperazine rings is 1. The van der Waals surface area contributed by atoms with Crippen LogP contribution in [0, 0.1) is 0 Å². The first-order valence-corrected chi connectivity index (χ1v) is 15.2. The van der Waals surface area contributed by atoms with Gasteiger partial charge in [-0.1, -0.05) is 63.1 Å². The van der Waals surface area contributed by atoms with Gasteiger partial charge >= 0.3 is 0 Å². The van der Waals surface area contributed by atoms with E-state index in [-0.39, 0.29) is 12.1 Å². The van der Waals surface area contributed by atoms with Gasteiger partial charge in [-0.3, -0.25) is 4.98 Å². The smallest absolute Gasteiger partial charge is 0.147 e. The molecule has 0 saturated carbocycles. The quantitative estimate of drug-likeness (QED) is 0.161. The van der Waals surface area contributed by atoms with Crippen molar-refractivity contribution in [2.45, 2.75) is 51.1 Å². The molecular weight excluding hydrogens is 522 g/mol.